The molecule has 6 amide bonds. The topological polar surface area (TPSA) is 942 Å². The average molecular weight is 2030 g/mol. The highest BCUT2D eigenvalue weighted by Crippen LogP contribution is 2.42. The van der Waals surface area contributed by atoms with E-state index in [-0.39, 0.29) is 0 Å². The third kappa shape index (κ3) is 26.7. The molecule has 50 atom stereocenters. The number of rotatable bonds is 37. The first-order valence-corrected chi connectivity index (χ1v) is 45.0. The molecular formula is C72H120N6O56S2. The summed E-state index contributed by atoms with van der Waals surface area (Å²) in [5.74, 6) is -6.05. The molecule has 10 heterocycles. The molecule has 10 saturated heterocycles. The summed E-state index contributed by atoms with van der Waals surface area (Å²) < 4.78 is 191. The summed E-state index contributed by atoms with van der Waals surface area (Å²) in [6, 6.07) is -12.2. The van der Waals surface area contributed by atoms with E-state index in [2.05, 4.69) is 40.3 Å². The lowest BCUT2D eigenvalue weighted by Crippen LogP contribution is -2.71. The fourth-order valence-corrected chi connectivity index (χ4v) is 18.1. The van der Waals surface area contributed by atoms with Crippen molar-refractivity contribution in [2.45, 2.75) is 355 Å². The highest BCUT2D eigenvalue weighted by atomic mass is 32.3. The number of ether oxygens (including phenoxy) is 19. The van der Waals surface area contributed by atoms with E-state index < -0.39 is 422 Å². The predicted molar refractivity (Wildman–Crippen MR) is 419 cm³/mol. The van der Waals surface area contributed by atoms with Gasteiger partial charge < -0.3 is 239 Å². The minimum atomic E-state index is -5.57. The molecule has 0 aromatic rings. The molecule has 0 saturated carbocycles. The standard InChI is InChI=1S/C72H120N6O56S2/c1-17-39(92)49(102)52(105)69(116-17)114-16-32-57(45(98)33(63(107)117-32)73-18(2)86)128-64-34(74-19(3)87)48(101)56(30(14-85)122-64)129-70-53(106)60(130-72-62(51(104)41(94)25(9-80)121-72)132-66-36(76-21(5)89)47(100)55(29(13-84)124-66)127-68-38(78-23(7)91)59(134-136(111,112)113)43(96)27(11-82)119-68)44(97)31(125-70)15-115-71-61(50(103)40(93)24(8-79)120-71)131-65-35(75-20(4)88)46(99)54(28(12-83)123-65)126-67-37(77-22(6)90)58(133-135(108,109)110)42(95)26(10-81)118-67/h17,24-72,79-85,92-107H,8-16H2,1-7H3,(H,73,86)(H,74,87)(H,75,88)(H,76,89)(H,77,90)(H,78,91)(H,108,109,110)(H,111,112,113)/t17-,24+,25+,26+,27+,28+,29+,30+,31+,32+,33+,34+,35+,36-,37+,38+,39+,40+,41+,42-,43-,44+,45+,46+,47+,48+,49+,50-,51-,52-,53-,54+,55+,56+,57+,58+,59+,60-,61-,62-,63+,64-,65-,66-,67-,68-,69+,70-,71-,72+/m0/s1. The molecule has 31 N–H and O–H groups in total. The Morgan fingerprint density at radius 1 is 0.243 bits per heavy atom. The number of amides is 6. The van der Waals surface area contributed by atoms with Crippen molar-refractivity contribution in [3.63, 3.8) is 0 Å². The molecule has 786 valence electrons. The van der Waals surface area contributed by atoms with Crippen LogP contribution in [0.1, 0.15) is 48.5 Å². The van der Waals surface area contributed by atoms with Crippen LogP contribution < -0.4 is 31.9 Å². The van der Waals surface area contributed by atoms with Crippen LogP contribution in [-0.4, -0.2) is 545 Å². The molecule has 0 bridgehead atoms. The molecule has 10 aliphatic rings. The molecule has 0 aromatic heterocycles. The summed E-state index contributed by atoms with van der Waals surface area (Å²) in [5, 5.41) is 276. The normalized spacial score (nSPS) is 45.9. The van der Waals surface area contributed by atoms with Gasteiger partial charge in [0.25, 0.3) is 0 Å². The second kappa shape index (κ2) is 48.5. The van der Waals surface area contributed by atoms with E-state index in [0.29, 0.717) is 0 Å². The zero-order valence-electron chi connectivity index (χ0n) is 72.9. The van der Waals surface area contributed by atoms with E-state index in [0.717, 1.165) is 41.5 Å². The van der Waals surface area contributed by atoms with Gasteiger partial charge in [-0.3, -0.25) is 37.9 Å². The van der Waals surface area contributed by atoms with Crippen LogP contribution in [0.3, 0.4) is 0 Å². The SMILES string of the molecule is CC(=O)N[C@@H]1[C@H](O[C@@H]2[C@@H](O[C@@H]3[C@H](O)[C@H](O[C@H]4[C@H](O)[C@@H](NC(C)=O)[C@H](O[C@H]5[C@H](O)[C@@H](NC(C)=O)[C@H](O)O[C@@H]5CO[C@@H]5O[C@@H](C)[C@@H](O)[C@@H](O)[C@@H]5O)O[C@@H]4CO)O[C@H](CO[C@H]4O[C@H](CO)[C@@H](O)[C@H](O)[C@@H]4O[C@@H]4O[C@H](CO)[C@@H](O[C@@H]5O[C@H](CO)[C@H](O)[C@H](OS(=O)(=O)O)[C@H]5NC(C)=O)[C@H](O)[C@H]4NC(C)=O)[C@H]3O)O[C@H](CO)[C@@H](O)[C@@H]2O)O[C@H](CO)[C@@H](O[C@@H]2O[C@H](CO)[C@H](O)[C@H](OS(=O)(=O)O)[C@H]2NC(C)=O)[C@@H]1O. The highest BCUT2D eigenvalue weighted by molar-refractivity contribution is 7.81. The summed E-state index contributed by atoms with van der Waals surface area (Å²) in [6.07, 6.45) is -96.4. The van der Waals surface area contributed by atoms with Gasteiger partial charge in [0.05, 0.1) is 65.6 Å². The van der Waals surface area contributed by atoms with Gasteiger partial charge in [-0.15, -0.1) is 0 Å². The Morgan fingerprint density at radius 3 is 0.890 bits per heavy atom. The van der Waals surface area contributed by atoms with Crippen LogP contribution in [0.5, 0.6) is 0 Å². The van der Waals surface area contributed by atoms with Crippen molar-refractivity contribution in [1.82, 2.24) is 31.9 Å². The first-order chi connectivity index (χ1) is 63.8. The molecule has 0 spiro atoms. The van der Waals surface area contributed by atoms with Gasteiger partial charge in [-0.1, -0.05) is 0 Å². The molecule has 0 aromatic carbocycles. The zero-order chi connectivity index (χ0) is 101. The lowest BCUT2D eigenvalue weighted by atomic mass is 9.93. The monoisotopic (exact) mass is 2030 g/mol. The number of carbonyl (C=O) groups excluding carboxylic acids is 6. The Hall–Kier alpha value is -5.12. The maximum atomic E-state index is 13.3. The van der Waals surface area contributed by atoms with Crippen LogP contribution in [0.2, 0.25) is 0 Å². The molecular weight excluding hydrogens is 1910 g/mol. The molecule has 136 heavy (non-hydrogen) atoms. The van der Waals surface area contributed by atoms with Crippen molar-refractivity contribution >= 4 is 56.2 Å². The van der Waals surface area contributed by atoms with Crippen LogP contribution in [0.25, 0.3) is 0 Å². The summed E-state index contributed by atoms with van der Waals surface area (Å²) in [6.45, 7) is -4.31. The van der Waals surface area contributed by atoms with E-state index in [9.17, 15) is 172 Å². The van der Waals surface area contributed by atoms with Gasteiger partial charge >= 0.3 is 20.8 Å². The lowest BCUT2D eigenvalue weighted by Gasteiger charge is -2.51. The summed E-state index contributed by atoms with van der Waals surface area (Å²) in [4.78, 5) is 77.4. The van der Waals surface area contributed by atoms with Gasteiger partial charge in [0.1, 0.15) is 238 Å². The van der Waals surface area contributed by atoms with Crippen LogP contribution in [-0.2, 0) is 148 Å². The van der Waals surface area contributed by atoms with E-state index in [4.69, 9.17) is 90.0 Å². The van der Waals surface area contributed by atoms with Crippen molar-refractivity contribution in [1.29, 1.82) is 0 Å². The van der Waals surface area contributed by atoms with Crippen molar-refractivity contribution < 1.29 is 271 Å². The van der Waals surface area contributed by atoms with Crippen molar-refractivity contribution in [2.75, 3.05) is 59.5 Å². The number of hydrogen-bond acceptors (Lipinski definition) is 54. The summed E-state index contributed by atoms with van der Waals surface area (Å²) in [7, 11) is -11.1. The highest BCUT2D eigenvalue weighted by Gasteiger charge is 2.63. The Morgan fingerprint density at radius 2 is 0.515 bits per heavy atom. The molecule has 64 heteroatoms. The van der Waals surface area contributed by atoms with Gasteiger partial charge in [-0.25, -0.2) is 8.37 Å². The number of aliphatic hydroxyl groups is 23. The van der Waals surface area contributed by atoms with E-state index in [1.54, 1.807) is 0 Å². The third-order valence-corrected chi connectivity index (χ3v) is 24.6. The van der Waals surface area contributed by atoms with Gasteiger partial charge in [0, 0.05) is 41.5 Å². The van der Waals surface area contributed by atoms with Crippen molar-refractivity contribution in [2.24, 2.45) is 0 Å². The van der Waals surface area contributed by atoms with Crippen LogP contribution in [0.4, 0.5) is 0 Å². The lowest BCUT2D eigenvalue weighted by molar-refractivity contribution is -0.398. The average Bonchev–Trinajstić information content (AvgIpc) is 0.758. The second-order valence-electron chi connectivity index (χ2n) is 33.5. The molecule has 10 rings (SSSR count). The molecule has 0 radical (unpaired) electrons. The number of carbonyl (C=O) groups is 6. The number of nitrogens with one attached hydrogen (secondary N) is 6. The van der Waals surface area contributed by atoms with Crippen LogP contribution in [0, 0.1) is 0 Å². The number of aliphatic hydroxyl groups excluding tert-OH is 23. The Labute approximate surface area is 770 Å². The van der Waals surface area contributed by atoms with Gasteiger partial charge in [-0.2, -0.15) is 16.8 Å². The Kier molecular flexibility index (Phi) is 40.2. The fourth-order valence-electron chi connectivity index (χ4n) is 17.1. The smallest absolute Gasteiger partial charge is 0.394 e. The van der Waals surface area contributed by atoms with Crippen LogP contribution >= 0.6 is 0 Å². The predicted octanol–water partition coefficient (Wildman–Crippen LogP) is -21.3. The summed E-state index contributed by atoms with van der Waals surface area (Å²) >= 11 is 0. The van der Waals surface area contributed by atoms with Gasteiger partial charge in [-0.05, 0) is 6.92 Å². The van der Waals surface area contributed by atoms with E-state index >= 15 is 0 Å². The van der Waals surface area contributed by atoms with Crippen molar-refractivity contribution in [3.05, 3.63) is 0 Å². The molecule has 62 nitrogen and oxygen atoms in total. The fraction of sp³-hybridized carbons (Fsp3) is 0.917. The molecule has 10 fully saturated rings. The quantitative estimate of drug-likeness (QED) is 0.0257. The van der Waals surface area contributed by atoms with E-state index in [1.807, 2.05) is 0 Å². The first-order valence-electron chi connectivity index (χ1n) is 42.3. The minimum Gasteiger partial charge on any atom is -0.394 e. The molecule has 0 unspecified atom stereocenters. The maximum absolute atomic E-state index is 13.3. The van der Waals surface area contributed by atoms with Crippen molar-refractivity contribution in [3.8, 4) is 0 Å². The van der Waals surface area contributed by atoms with Gasteiger partial charge in [0.2, 0.25) is 35.4 Å². The second-order valence-corrected chi connectivity index (χ2v) is 35.6. The molecule has 10 aliphatic heterocycles. The minimum absolute atomic E-state index is 0.857. The van der Waals surface area contributed by atoms with Gasteiger partial charge in [0.15, 0.2) is 62.9 Å². The first kappa shape index (κ1) is 113. The maximum Gasteiger partial charge on any atom is 0.397 e. The third-order valence-electron chi connectivity index (χ3n) is 23.6. The molecule has 0 aliphatic carbocycles. The Bertz CT molecular complexity index is 4120. The Balaban J connectivity index is 1.00. The largest absolute Gasteiger partial charge is 0.397 e. The van der Waals surface area contributed by atoms with Crippen LogP contribution in [0.15, 0.2) is 0 Å². The van der Waals surface area contributed by atoms with E-state index in [1.165, 1.54) is 6.92 Å². The summed E-state index contributed by atoms with van der Waals surface area (Å²) in [5.41, 5.74) is 0. The zero-order valence-corrected chi connectivity index (χ0v) is 74.5. The number of hydrogen-bond donors (Lipinski definition) is 31.